The summed E-state index contributed by atoms with van der Waals surface area (Å²) in [6, 6.07) is 17.0. The lowest BCUT2D eigenvalue weighted by Gasteiger charge is -2.18. The van der Waals surface area contributed by atoms with E-state index in [0.29, 0.717) is 35.0 Å². The molecule has 0 radical (unpaired) electrons. The number of rotatable bonds is 7. The molecule has 2 amide bonds. The van der Waals surface area contributed by atoms with Crippen LogP contribution in [0.15, 0.2) is 71.4 Å². The molecule has 0 fully saturated rings. The van der Waals surface area contributed by atoms with E-state index in [0.717, 1.165) is 21.6 Å². The number of halogens is 1. The van der Waals surface area contributed by atoms with Gasteiger partial charge in [0.2, 0.25) is 0 Å². The summed E-state index contributed by atoms with van der Waals surface area (Å²) in [5.74, 6) is -0.850. The second kappa shape index (κ2) is 10.3. The van der Waals surface area contributed by atoms with Gasteiger partial charge < -0.3 is 14.8 Å². The Bertz CT molecular complexity index is 1400. The summed E-state index contributed by atoms with van der Waals surface area (Å²) in [6.45, 7) is 7.99. The number of ether oxygens (including phenoxy) is 2. The summed E-state index contributed by atoms with van der Waals surface area (Å²) in [7, 11) is 0. The Morgan fingerprint density at radius 1 is 0.944 bits per heavy atom. The van der Waals surface area contributed by atoms with Gasteiger partial charge in [0.25, 0.3) is 11.8 Å². The highest BCUT2D eigenvalue weighted by Gasteiger charge is 2.40. The van der Waals surface area contributed by atoms with E-state index in [1.807, 2.05) is 39.8 Å². The van der Waals surface area contributed by atoms with Crippen LogP contribution in [0.2, 0.25) is 0 Å². The van der Waals surface area contributed by atoms with Gasteiger partial charge in [-0.3, -0.25) is 9.59 Å². The van der Waals surface area contributed by atoms with Crippen LogP contribution in [0.4, 0.5) is 11.4 Å². The highest BCUT2D eigenvalue weighted by atomic mass is 35.5. The van der Waals surface area contributed by atoms with Crippen LogP contribution in [-0.4, -0.2) is 24.4 Å². The highest BCUT2D eigenvalue weighted by molar-refractivity contribution is 6.53. The maximum Gasteiger partial charge on any atom is 0.343 e. The molecule has 0 unspecified atom stereocenters. The van der Waals surface area contributed by atoms with Gasteiger partial charge in [-0.2, -0.15) is 0 Å². The molecule has 4 rings (SSSR count). The topological polar surface area (TPSA) is 84.9 Å². The van der Waals surface area contributed by atoms with Crippen LogP contribution in [-0.2, 0) is 9.59 Å². The first kappa shape index (κ1) is 25.0. The molecule has 36 heavy (non-hydrogen) atoms. The van der Waals surface area contributed by atoms with Crippen LogP contribution in [0.1, 0.15) is 34.0 Å². The van der Waals surface area contributed by atoms with Crippen molar-refractivity contribution < 1.29 is 23.9 Å². The standard InChI is InChI=1S/C28H25ClN2O5/c1-5-35-22-9-7-6-8-21(22)31-26(32)24(29)25(27(31)33)30-20-12-10-19(11-13-20)28(34)36-23-15-16(2)14-17(3)18(23)4/h6-15,30H,5H2,1-4H3. The maximum absolute atomic E-state index is 13.1. The minimum absolute atomic E-state index is 0.0610. The van der Waals surface area contributed by atoms with Gasteiger partial charge in [-0.25, -0.2) is 9.69 Å². The van der Waals surface area contributed by atoms with E-state index in [2.05, 4.69) is 5.32 Å². The normalized spacial score (nSPS) is 13.3. The van der Waals surface area contributed by atoms with Gasteiger partial charge >= 0.3 is 5.97 Å². The second-order valence-electron chi connectivity index (χ2n) is 8.33. The number of anilines is 2. The van der Waals surface area contributed by atoms with Gasteiger partial charge in [0.1, 0.15) is 22.2 Å². The molecular weight excluding hydrogens is 480 g/mol. The molecule has 1 N–H and O–H groups in total. The number of para-hydroxylation sites is 2. The summed E-state index contributed by atoms with van der Waals surface area (Å²) >= 11 is 6.25. The number of carbonyl (C=O) groups is 3. The molecule has 1 aliphatic rings. The maximum atomic E-state index is 13.1. The average Bonchev–Trinajstić information content (AvgIpc) is 3.06. The summed E-state index contributed by atoms with van der Waals surface area (Å²) in [5, 5.41) is 2.67. The molecule has 0 saturated carbocycles. The molecule has 184 valence electrons. The molecule has 0 aliphatic carbocycles. The number of amides is 2. The molecule has 8 heteroatoms. The Hall–Kier alpha value is -4.10. The van der Waals surface area contributed by atoms with Crippen molar-refractivity contribution in [2.45, 2.75) is 27.7 Å². The van der Waals surface area contributed by atoms with Crippen molar-refractivity contribution in [2.24, 2.45) is 0 Å². The summed E-state index contributed by atoms with van der Waals surface area (Å²) in [6.07, 6.45) is 0. The summed E-state index contributed by atoms with van der Waals surface area (Å²) in [5.41, 5.74) is 3.99. The first-order valence-electron chi connectivity index (χ1n) is 11.4. The van der Waals surface area contributed by atoms with Gasteiger partial charge in [0.15, 0.2) is 0 Å². The van der Waals surface area contributed by atoms with Gasteiger partial charge in [-0.05, 0) is 86.8 Å². The smallest absolute Gasteiger partial charge is 0.343 e. The van der Waals surface area contributed by atoms with Crippen molar-refractivity contribution in [1.29, 1.82) is 0 Å². The van der Waals surface area contributed by atoms with Crippen molar-refractivity contribution >= 4 is 40.8 Å². The van der Waals surface area contributed by atoms with Crippen LogP contribution in [0.5, 0.6) is 11.5 Å². The quantitative estimate of drug-likeness (QED) is 0.254. The number of nitrogens with zero attached hydrogens (tertiary/aromatic N) is 1. The Labute approximate surface area is 214 Å². The van der Waals surface area contributed by atoms with Gasteiger partial charge in [0, 0.05) is 5.69 Å². The van der Waals surface area contributed by atoms with E-state index >= 15 is 0 Å². The van der Waals surface area contributed by atoms with Crippen molar-refractivity contribution in [2.75, 3.05) is 16.8 Å². The lowest BCUT2D eigenvalue weighted by Crippen LogP contribution is -2.32. The molecule has 0 spiro atoms. The average molecular weight is 505 g/mol. The monoisotopic (exact) mass is 504 g/mol. The number of aryl methyl sites for hydroxylation is 2. The number of hydrogen-bond donors (Lipinski definition) is 1. The number of esters is 1. The molecule has 3 aromatic carbocycles. The van der Waals surface area contributed by atoms with E-state index in [-0.39, 0.29) is 10.7 Å². The Morgan fingerprint density at radius 2 is 1.64 bits per heavy atom. The van der Waals surface area contributed by atoms with E-state index in [1.165, 1.54) is 0 Å². The molecule has 3 aromatic rings. The van der Waals surface area contributed by atoms with Crippen molar-refractivity contribution in [3.05, 3.63) is 93.6 Å². The number of carbonyl (C=O) groups excluding carboxylic acids is 3. The van der Waals surface area contributed by atoms with E-state index in [1.54, 1.807) is 48.5 Å². The molecular formula is C28H25ClN2O5. The van der Waals surface area contributed by atoms with E-state index < -0.39 is 17.8 Å². The predicted octanol–water partition coefficient (Wildman–Crippen LogP) is 5.67. The lowest BCUT2D eigenvalue weighted by molar-refractivity contribution is -0.120. The minimum atomic E-state index is -0.652. The predicted molar refractivity (Wildman–Crippen MR) is 139 cm³/mol. The van der Waals surface area contributed by atoms with Gasteiger partial charge in [0.05, 0.1) is 17.9 Å². The molecule has 0 bridgehead atoms. The third-order valence-corrected chi connectivity index (χ3v) is 6.14. The zero-order valence-corrected chi connectivity index (χ0v) is 21.1. The zero-order valence-electron chi connectivity index (χ0n) is 20.3. The fraction of sp³-hybridized carbons (Fsp3) is 0.179. The zero-order chi connectivity index (χ0) is 26.0. The largest absolute Gasteiger partial charge is 0.492 e. The first-order valence-corrected chi connectivity index (χ1v) is 11.8. The van der Waals surface area contributed by atoms with Gasteiger partial charge in [-0.15, -0.1) is 0 Å². The number of nitrogens with one attached hydrogen (secondary N) is 1. The molecule has 1 heterocycles. The third kappa shape index (κ3) is 4.83. The van der Waals surface area contributed by atoms with Crippen LogP contribution >= 0.6 is 11.6 Å². The number of hydrogen-bond acceptors (Lipinski definition) is 6. The molecule has 1 aliphatic heterocycles. The molecule has 0 saturated heterocycles. The fourth-order valence-corrected chi connectivity index (χ4v) is 4.06. The Morgan fingerprint density at radius 3 is 2.33 bits per heavy atom. The molecule has 0 atom stereocenters. The van der Waals surface area contributed by atoms with Crippen molar-refractivity contribution in [1.82, 2.24) is 0 Å². The van der Waals surface area contributed by atoms with Crippen molar-refractivity contribution in [3.63, 3.8) is 0 Å². The molecule has 7 nitrogen and oxygen atoms in total. The van der Waals surface area contributed by atoms with E-state index in [9.17, 15) is 14.4 Å². The number of imide groups is 1. The summed E-state index contributed by atoms with van der Waals surface area (Å²) < 4.78 is 11.2. The lowest BCUT2D eigenvalue weighted by atomic mass is 10.1. The first-order chi connectivity index (χ1) is 17.2. The summed E-state index contributed by atoms with van der Waals surface area (Å²) in [4.78, 5) is 39.6. The number of benzene rings is 3. The van der Waals surface area contributed by atoms with Crippen LogP contribution < -0.4 is 19.7 Å². The van der Waals surface area contributed by atoms with Crippen molar-refractivity contribution in [3.8, 4) is 11.5 Å². The second-order valence-corrected chi connectivity index (χ2v) is 8.71. The van der Waals surface area contributed by atoms with Crippen LogP contribution in [0.3, 0.4) is 0 Å². The fourth-order valence-electron chi connectivity index (χ4n) is 3.85. The third-order valence-electron chi connectivity index (χ3n) is 5.79. The Kier molecular flexibility index (Phi) is 7.12. The SMILES string of the molecule is CCOc1ccccc1N1C(=O)C(Cl)=C(Nc2ccc(C(=O)Oc3cc(C)cc(C)c3C)cc2)C1=O. The van der Waals surface area contributed by atoms with E-state index in [4.69, 9.17) is 21.1 Å². The minimum Gasteiger partial charge on any atom is -0.492 e. The van der Waals surface area contributed by atoms with Crippen LogP contribution in [0, 0.1) is 20.8 Å². The highest BCUT2D eigenvalue weighted by Crippen LogP contribution is 2.35. The van der Waals surface area contributed by atoms with Gasteiger partial charge in [-0.1, -0.05) is 29.8 Å². The Balaban J connectivity index is 1.51. The van der Waals surface area contributed by atoms with Crippen LogP contribution in [0.25, 0.3) is 0 Å². The molecule has 0 aromatic heterocycles.